The Morgan fingerprint density at radius 2 is 2.05 bits per heavy atom. The molecule has 21 heavy (non-hydrogen) atoms. The van der Waals surface area contributed by atoms with Gasteiger partial charge in [-0.05, 0) is 26.0 Å². The first kappa shape index (κ1) is 16.4. The highest BCUT2D eigenvalue weighted by molar-refractivity contribution is 5.89. The zero-order chi connectivity index (χ0) is 16.2. The topological polar surface area (TPSA) is 110 Å². The molecule has 114 valence electrons. The summed E-state index contributed by atoms with van der Waals surface area (Å²) < 4.78 is 5.14. The SMILES string of the molecule is CC(C)N(C)C(=O)COc1ccc(C(=O)O)cc1[N+](=O)[O-]. The molecule has 0 atom stereocenters. The fraction of sp³-hybridized carbons (Fsp3) is 0.385. The molecular weight excluding hydrogens is 280 g/mol. The van der Waals surface area contributed by atoms with Crippen molar-refractivity contribution in [2.75, 3.05) is 13.7 Å². The van der Waals surface area contributed by atoms with Gasteiger partial charge in [-0.15, -0.1) is 0 Å². The van der Waals surface area contributed by atoms with Crippen LogP contribution in [0, 0.1) is 10.1 Å². The number of benzene rings is 1. The van der Waals surface area contributed by atoms with E-state index in [0.29, 0.717) is 0 Å². The van der Waals surface area contributed by atoms with Crippen LogP contribution in [0.25, 0.3) is 0 Å². The highest BCUT2D eigenvalue weighted by Gasteiger charge is 2.20. The van der Waals surface area contributed by atoms with Crippen LogP contribution in [0.4, 0.5) is 5.69 Å². The van der Waals surface area contributed by atoms with Crippen molar-refractivity contribution < 1.29 is 24.4 Å². The number of nitrogens with zero attached hydrogens (tertiary/aromatic N) is 2. The van der Waals surface area contributed by atoms with E-state index in [1.54, 1.807) is 7.05 Å². The number of nitro groups is 1. The molecular formula is C13H16N2O6. The van der Waals surface area contributed by atoms with Crippen molar-refractivity contribution in [2.24, 2.45) is 0 Å². The average Bonchev–Trinajstić information content (AvgIpc) is 2.43. The summed E-state index contributed by atoms with van der Waals surface area (Å²) in [5, 5.41) is 19.7. The van der Waals surface area contributed by atoms with Crippen molar-refractivity contribution in [3.63, 3.8) is 0 Å². The van der Waals surface area contributed by atoms with Gasteiger partial charge in [-0.1, -0.05) is 0 Å². The maximum Gasteiger partial charge on any atom is 0.335 e. The van der Waals surface area contributed by atoms with E-state index in [-0.39, 0.29) is 29.9 Å². The molecule has 0 fully saturated rings. The van der Waals surface area contributed by atoms with Crippen LogP contribution in [-0.2, 0) is 4.79 Å². The number of carbonyl (C=O) groups excluding carboxylic acids is 1. The number of nitro benzene ring substituents is 1. The smallest absolute Gasteiger partial charge is 0.335 e. The minimum absolute atomic E-state index is 0.0227. The van der Waals surface area contributed by atoms with Crippen LogP contribution in [0.15, 0.2) is 18.2 Å². The maximum atomic E-state index is 11.8. The highest BCUT2D eigenvalue weighted by Crippen LogP contribution is 2.28. The lowest BCUT2D eigenvalue weighted by atomic mass is 10.2. The Hall–Kier alpha value is -2.64. The van der Waals surface area contributed by atoms with Gasteiger partial charge >= 0.3 is 11.7 Å². The third kappa shape index (κ3) is 4.16. The van der Waals surface area contributed by atoms with Gasteiger partial charge in [0.1, 0.15) is 0 Å². The molecule has 0 spiro atoms. The second-order valence-corrected chi connectivity index (χ2v) is 4.63. The minimum atomic E-state index is -1.28. The number of carboxylic acid groups (broad SMARTS) is 1. The molecule has 1 aromatic rings. The van der Waals surface area contributed by atoms with Crippen molar-refractivity contribution in [3.05, 3.63) is 33.9 Å². The molecule has 1 rings (SSSR count). The van der Waals surface area contributed by atoms with Gasteiger partial charge in [0.25, 0.3) is 5.91 Å². The third-order valence-electron chi connectivity index (χ3n) is 2.92. The predicted molar refractivity (Wildman–Crippen MR) is 73.5 cm³/mol. The summed E-state index contributed by atoms with van der Waals surface area (Å²) in [6.07, 6.45) is 0. The molecule has 1 amide bonds. The van der Waals surface area contributed by atoms with Crippen LogP contribution in [0.3, 0.4) is 0 Å². The first-order chi connectivity index (χ1) is 9.73. The van der Waals surface area contributed by atoms with E-state index in [9.17, 15) is 19.7 Å². The first-order valence-electron chi connectivity index (χ1n) is 6.14. The molecule has 1 aromatic carbocycles. The number of ether oxygens (including phenoxy) is 1. The van der Waals surface area contributed by atoms with E-state index in [1.165, 1.54) is 17.0 Å². The number of hydrogen-bond donors (Lipinski definition) is 1. The van der Waals surface area contributed by atoms with Crippen molar-refractivity contribution in [3.8, 4) is 5.75 Å². The quantitative estimate of drug-likeness (QED) is 0.629. The summed E-state index contributed by atoms with van der Waals surface area (Å²) in [4.78, 5) is 34.2. The molecule has 0 aromatic heterocycles. The highest BCUT2D eigenvalue weighted by atomic mass is 16.6. The summed E-state index contributed by atoms with van der Waals surface area (Å²) >= 11 is 0. The van der Waals surface area contributed by atoms with E-state index in [4.69, 9.17) is 9.84 Å². The summed E-state index contributed by atoms with van der Waals surface area (Å²) in [5.41, 5.74) is -0.713. The second-order valence-electron chi connectivity index (χ2n) is 4.63. The zero-order valence-electron chi connectivity index (χ0n) is 11.9. The fourth-order valence-corrected chi connectivity index (χ4v) is 1.44. The number of carbonyl (C=O) groups is 2. The number of carboxylic acids is 1. The first-order valence-corrected chi connectivity index (χ1v) is 6.14. The third-order valence-corrected chi connectivity index (χ3v) is 2.92. The van der Waals surface area contributed by atoms with Crippen LogP contribution in [-0.4, -0.2) is 46.5 Å². The van der Waals surface area contributed by atoms with E-state index in [2.05, 4.69) is 0 Å². The number of likely N-dealkylation sites (N-methyl/N-ethyl adjacent to an activating group) is 1. The van der Waals surface area contributed by atoms with Crippen LogP contribution in [0.1, 0.15) is 24.2 Å². The number of amides is 1. The fourth-order valence-electron chi connectivity index (χ4n) is 1.44. The number of aromatic carboxylic acids is 1. The number of hydrogen-bond acceptors (Lipinski definition) is 5. The molecule has 0 saturated heterocycles. The van der Waals surface area contributed by atoms with Crippen molar-refractivity contribution in [1.82, 2.24) is 4.90 Å². The van der Waals surface area contributed by atoms with Gasteiger partial charge in [0.05, 0.1) is 10.5 Å². The largest absolute Gasteiger partial charge is 0.478 e. The van der Waals surface area contributed by atoms with Gasteiger partial charge in [0.15, 0.2) is 12.4 Å². The van der Waals surface area contributed by atoms with Gasteiger partial charge in [-0.25, -0.2) is 4.79 Å². The molecule has 0 heterocycles. The molecule has 0 unspecified atom stereocenters. The molecule has 1 N–H and O–H groups in total. The van der Waals surface area contributed by atoms with E-state index >= 15 is 0 Å². The predicted octanol–water partition coefficient (Wildman–Crippen LogP) is 1.54. The number of rotatable bonds is 6. The average molecular weight is 296 g/mol. The van der Waals surface area contributed by atoms with Gasteiger partial charge in [-0.2, -0.15) is 0 Å². The van der Waals surface area contributed by atoms with E-state index in [1.807, 2.05) is 13.8 Å². The molecule has 8 nitrogen and oxygen atoms in total. The Balaban J connectivity index is 2.91. The lowest BCUT2D eigenvalue weighted by Gasteiger charge is -2.21. The Morgan fingerprint density at radius 1 is 1.43 bits per heavy atom. The molecule has 0 bridgehead atoms. The molecule has 0 aliphatic heterocycles. The molecule has 0 aliphatic rings. The Bertz CT molecular complexity index is 570. The van der Waals surface area contributed by atoms with Crippen LogP contribution in [0.2, 0.25) is 0 Å². The Labute approximate surface area is 121 Å². The molecule has 0 saturated carbocycles. The lowest BCUT2D eigenvalue weighted by molar-refractivity contribution is -0.385. The lowest BCUT2D eigenvalue weighted by Crippen LogP contribution is -2.36. The minimum Gasteiger partial charge on any atom is -0.478 e. The second kappa shape index (κ2) is 6.69. The van der Waals surface area contributed by atoms with Gasteiger partial charge in [0.2, 0.25) is 0 Å². The Morgan fingerprint density at radius 3 is 2.52 bits per heavy atom. The molecule has 0 radical (unpaired) electrons. The van der Waals surface area contributed by atoms with Gasteiger partial charge in [-0.3, -0.25) is 14.9 Å². The maximum absolute atomic E-state index is 11.8. The van der Waals surface area contributed by atoms with E-state index < -0.39 is 16.6 Å². The molecule has 0 aliphatic carbocycles. The van der Waals surface area contributed by atoms with Crippen molar-refractivity contribution in [1.29, 1.82) is 0 Å². The van der Waals surface area contributed by atoms with Crippen LogP contribution in [0.5, 0.6) is 5.75 Å². The van der Waals surface area contributed by atoms with Crippen LogP contribution < -0.4 is 4.74 Å². The molecule has 8 heteroatoms. The van der Waals surface area contributed by atoms with Crippen molar-refractivity contribution >= 4 is 17.6 Å². The van der Waals surface area contributed by atoms with Crippen molar-refractivity contribution in [2.45, 2.75) is 19.9 Å². The Kier molecular flexibility index (Phi) is 5.23. The standard InChI is InChI=1S/C13H16N2O6/c1-8(2)14(3)12(16)7-21-11-5-4-9(13(17)18)6-10(11)15(19)20/h4-6,8H,7H2,1-3H3,(H,17,18). The normalized spacial score (nSPS) is 10.3. The summed E-state index contributed by atoms with van der Waals surface area (Å²) in [5.74, 6) is -1.75. The zero-order valence-corrected chi connectivity index (χ0v) is 11.9. The van der Waals surface area contributed by atoms with Gasteiger partial charge in [0, 0.05) is 19.2 Å². The van der Waals surface area contributed by atoms with Crippen LogP contribution >= 0.6 is 0 Å². The summed E-state index contributed by atoms with van der Waals surface area (Å²) in [6, 6.07) is 3.23. The summed E-state index contributed by atoms with van der Waals surface area (Å²) in [7, 11) is 1.60. The summed E-state index contributed by atoms with van der Waals surface area (Å²) in [6.45, 7) is 3.28. The van der Waals surface area contributed by atoms with E-state index in [0.717, 1.165) is 6.07 Å². The monoisotopic (exact) mass is 296 g/mol. The van der Waals surface area contributed by atoms with Gasteiger partial charge < -0.3 is 14.7 Å².